The molecule has 1 atom stereocenters. The Hall–Kier alpha value is -2.12. The number of hydrogen-bond acceptors (Lipinski definition) is 5. The molecule has 0 bridgehead atoms. The first-order valence-corrected chi connectivity index (χ1v) is 10.8. The van der Waals surface area contributed by atoms with Crippen LogP contribution in [0.4, 0.5) is 0 Å². The second-order valence-electron chi connectivity index (χ2n) is 6.41. The molecular formula is C19H21ClN2O4S. The summed E-state index contributed by atoms with van der Waals surface area (Å²) < 4.78 is 30.6. The highest BCUT2D eigenvalue weighted by Gasteiger charge is 2.26. The number of nitrogens with zero attached hydrogens (tertiary/aromatic N) is 2. The molecule has 2 heterocycles. The van der Waals surface area contributed by atoms with Crippen molar-refractivity contribution in [2.75, 3.05) is 18.8 Å². The molecule has 1 aliphatic rings. The van der Waals surface area contributed by atoms with E-state index in [0.29, 0.717) is 23.9 Å². The minimum absolute atomic E-state index is 0.0417. The van der Waals surface area contributed by atoms with Crippen molar-refractivity contribution >= 4 is 27.3 Å². The number of likely N-dealkylation sites (tertiary alicyclic amines) is 1. The quantitative estimate of drug-likeness (QED) is 0.734. The van der Waals surface area contributed by atoms with Gasteiger partial charge in [0.25, 0.3) is 0 Å². The van der Waals surface area contributed by atoms with Crippen molar-refractivity contribution in [1.29, 1.82) is 0 Å². The summed E-state index contributed by atoms with van der Waals surface area (Å²) in [5.74, 6) is 0.162. The van der Waals surface area contributed by atoms with Gasteiger partial charge < -0.3 is 9.64 Å². The van der Waals surface area contributed by atoms with E-state index in [1.807, 2.05) is 0 Å². The molecule has 1 amide bonds. The van der Waals surface area contributed by atoms with E-state index in [4.69, 9.17) is 16.3 Å². The van der Waals surface area contributed by atoms with E-state index < -0.39 is 9.84 Å². The van der Waals surface area contributed by atoms with Crippen LogP contribution in [-0.2, 0) is 14.6 Å². The molecule has 0 aliphatic carbocycles. The van der Waals surface area contributed by atoms with Gasteiger partial charge in [0.1, 0.15) is 16.9 Å². The van der Waals surface area contributed by atoms with E-state index in [1.54, 1.807) is 47.5 Å². The molecule has 2 aromatic rings. The average Bonchev–Trinajstić information content (AvgIpc) is 2.69. The Morgan fingerprint density at radius 3 is 2.78 bits per heavy atom. The van der Waals surface area contributed by atoms with Gasteiger partial charge >= 0.3 is 0 Å². The lowest BCUT2D eigenvalue weighted by molar-refractivity contribution is -0.133. The van der Waals surface area contributed by atoms with Gasteiger partial charge in [0.2, 0.25) is 5.91 Å². The van der Waals surface area contributed by atoms with Gasteiger partial charge in [-0.25, -0.2) is 8.42 Å². The van der Waals surface area contributed by atoms with E-state index in [1.165, 1.54) is 6.20 Å². The Bertz CT molecular complexity index is 890. The summed E-state index contributed by atoms with van der Waals surface area (Å²) in [5, 5.41) is 0.426. The van der Waals surface area contributed by atoms with Gasteiger partial charge in [0, 0.05) is 31.4 Å². The molecule has 144 valence electrons. The smallest absolute Gasteiger partial charge is 0.223 e. The fraction of sp³-hybridized carbons (Fsp3) is 0.368. The maximum atomic E-state index is 12.5. The van der Waals surface area contributed by atoms with Crippen LogP contribution in [0.25, 0.3) is 0 Å². The van der Waals surface area contributed by atoms with Crippen LogP contribution in [0.5, 0.6) is 5.75 Å². The average molecular weight is 409 g/mol. The fourth-order valence-corrected chi connectivity index (χ4v) is 4.44. The lowest BCUT2D eigenvalue weighted by Crippen LogP contribution is -2.44. The van der Waals surface area contributed by atoms with Gasteiger partial charge in [-0.1, -0.05) is 29.8 Å². The molecule has 1 aliphatic heterocycles. The number of halogens is 1. The van der Waals surface area contributed by atoms with Crippen LogP contribution in [0.2, 0.25) is 5.02 Å². The van der Waals surface area contributed by atoms with E-state index in [9.17, 15) is 13.2 Å². The molecule has 0 N–H and O–H groups in total. The van der Waals surface area contributed by atoms with E-state index in [2.05, 4.69) is 4.98 Å². The van der Waals surface area contributed by atoms with Crippen LogP contribution in [0.15, 0.2) is 53.7 Å². The van der Waals surface area contributed by atoms with Crippen molar-refractivity contribution in [3.8, 4) is 5.75 Å². The number of piperidine rings is 1. The number of ether oxygens (including phenoxy) is 1. The molecular weight excluding hydrogens is 388 g/mol. The molecule has 1 aromatic heterocycles. The molecule has 27 heavy (non-hydrogen) atoms. The predicted molar refractivity (Wildman–Crippen MR) is 103 cm³/mol. The summed E-state index contributed by atoms with van der Waals surface area (Å²) in [6.45, 7) is 1.02. The lowest BCUT2D eigenvalue weighted by Gasteiger charge is -2.33. The standard InChI is InChI=1S/C19H21ClN2O4S/c20-17-13-21-10-8-18(17)26-15-5-4-11-22(14-15)19(23)9-12-27(24,25)16-6-2-1-3-7-16/h1-3,6-8,10,13,15H,4-5,9,11-12,14H2. The predicted octanol–water partition coefficient (Wildman–Crippen LogP) is 2.97. The molecule has 0 spiro atoms. The van der Waals surface area contributed by atoms with Gasteiger partial charge in [-0.15, -0.1) is 0 Å². The third-order valence-electron chi connectivity index (χ3n) is 4.45. The Kier molecular flexibility index (Phi) is 6.34. The van der Waals surface area contributed by atoms with Crippen molar-refractivity contribution in [3.05, 3.63) is 53.8 Å². The van der Waals surface area contributed by atoms with E-state index >= 15 is 0 Å². The van der Waals surface area contributed by atoms with E-state index in [0.717, 1.165) is 12.8 Å². The number of amides is 1. The van der Waals surface area contributed by atoms with Crippen LogP contribution in [-0.4, -0.2) is 49.2 Å². The van der Waals surface area contributed by atoms with Crippen LogP contribution in [0.3, 0.4) is 0 Å². The zero-order valence-electron chi connectivity index (χ0n) is 14.8. The molecule has 3 rings (SSSR count). The van der Waals surface area contributed by atoms with Crippen molar-refractivity contribution in [2.45, 2.75) is 30.3 Å². The first-order chi connectivity index (χ1) is 13.0. The van der Waals surface area contributed by atoms with Gasteiger partial charge in [-0.05, 0) is 25.0 Å². The first-order valence-electron chi connectivity index (χ1n) is 8.77. The summed E-state index contributed by atoms with van der Waals surface area (Å²) in [4.78, 5) is 18.3. The highest BCUT2D eigenvalue weighted by Crippen LogP contribution is 2.25. The second kappa shape index (κ2) is 8.71. The lowest BCUT2D eigenvalue weighted by atomic mass is 10.1. The molecule has 1 aromatic carbocycles. The van der Waals surface area contributed by atoms with Gasteiger partial charge in [0.05, 0.1) is 17.2 Å². The largest absolute Gasteiger partial charge is 0.487 e. The first kappa shape index (κ1) is 19.6. The summed E-state index contributed by atoms with van der Waals surface area (Å²) in [6, 6.07) is 9.88. The maximum Gasteiger partial charge on any atom is 0.223 e. The monoisotopic (exact) mass is 408 g/mol. The summed E-state index contributed by atoms with van der Waals surface area (Å²) in [6.07, 6.45) is 4.50. The number of pyridine rings is 1. The van der Waals surface area contributed by atoms with Gasteiger partial charge in [-0.3, -0.25) is 9.78 Å². The van der Waals surface area contributed by atoms with Crippen molar-refractivity contribution in [2.24, 2.45) is 0 Å². The number of sulfone groups is 1. The number of rotatable bonds is 6. The zero-order chi connectivity index (χ0) is 19.3. The fourth-order valence-electron chi connectivity index (χ4n) is 3.02. The van der Waals surface area contributed by atoms with Crippen LogP contribution in [0.1, 0.15) is 19.3 Å². The number of aromatic nitrogens is 1. The summed E-state index contributed by atoms with van der Waals surface area (Å²) in [7, 11) is -3.46. The Balaban J connectivity index is 1.56. The third-order valence-corrected chi connectivity index (χ3v) is 6.46. The number of carbonyl (C=O) groups excluding carboxylic acids is 1. The molecule has 0 saturated carbocycles. The minimum atomic E-state index is -3.46. The second-order valence-corrected chi connectivity index (χ2v) is 8.93. The number of hydrogen-bond donors (Lipinski definition) is 0. The summed E-state index contributed by atoms with van der Waals surface area (Å²) in [5.41, 5.74) is 0. The molecule has 0 radical (unpaired) electrons. The highest BCUT2D eigenvalue weighted by molar-refractivity contribution is 7.91. The number of carbonyl (C=O) groups is 1. The van der Waals surface area contributed by atoms with Crippen molar-refractivity contribution in [1.82, 2.24) is 9.88 Å². The maximum absolute atomic E-state index is 12.5. The van der Waals surface area contributed by atoms with Crippen LogP contribution >= 0.6 is 11.6 Å². The third kappa shape index (κ3) is 5.20. The topological polar surface area (TPSA) is 76.6 Å². The minimum Gasteiger partial charge on any atom is -0.487 e. The number of benzene rings is 1. The van der Waals surface area contributed by atoms with Crippen LogP contribution < -0.4 is 4.74 Å². The Labute approximate surface area is 164 Å². The zero-order valence-corrected chi connectivity index (χ0v) is 16.3. The highest BCUT2D eigenvalue weighted by atomic mass is 35.5. The SMILES string of the molecule is O=C(CCS(=O)(=O)c1ccccc1)N1CCCC(Oc2ccncc2Cl)C1. The molecule has 6 nitrogen and oxygen atoms in total. The van der Waals surface area contributed by atoms with Crippen molar-refractivity contribution < 1.29 is 17.9 Å². The van der Waals surface area contributed by atoms with Crippen molar-refractivity contribution in [3.63, 3.8) is 0 Å². The molecule has 1 saturated heterocycles. The molecule has 1 unspecified atom stereocenters. The normalized spacial score (nSPS) is 17.5. The van der Waals surface area contributed by atoms with E-state index in [-0.39, 0.29) is 29.1 Å². The summed E-state index contributed by atoms with van der Waals surface area (Å²) >= 11 is 6.07. The molecule has 1 fully saturated rings. The van der Waals surface area contributed by atoms with Gasteiger partial charge in [-0.2, -0.15) is 0 Å². The van der Waals surface area contributed by atoms with Crippen LogP contribution in [0, 0.1) is 0 Å². The Morgan fingerprint density at radius 2 is 2.04 bits per heavy atom. The van der Waals surface area contributed by atoms with Gasteiger partial charge in [0.15, 0.2) is 9.84 Å². The Morgan fingerprint density at radius 1 is 1.26 bits per heavy atom. The molecule has 8 heteroatoms.